The van der Waals surface area contributed by atoms with Gasteiger partial charge in [-0.2, -0.15) is 0 Å². The fourth-order valence-electron chi connectivity index (χ4n) is 2.44. The van der Waals surface area contributed by atoms with Gasteiger partial charge in [-0.25, -0.2) is 0 Å². The minimum absolute atomic E-state index is 0.177. The quantitative estimate of drug-likeness (QED) is 0.830. The van der Waals surface area contributed by atoms with Crippen LogP contribution in [0.2, 0.25) is 0 Å². The summed E-state index contributed by atoms with van der Waals surface area (Å²) >= 11 is 5.24. The van der Waals surface area contributed by atoms with Crippen molar-refractivity contribution in [2.24, 2.45) is 0 Å². The van der Waals surface area contributed by atoms with Crippen molar-refractivity contribution in [2.45, 2.75) is 57.2 Å². The third-order valence-corrected chi connectivity index (χ3v) is 5.33. The second-order valence-electron chi connectivity index (χ2n) is 4.87. The van der Waals surface area contributed by atoms with Crippen LogP contribution in [-0.2, 0) is 0 Å². The molecule has 0 aliphatic heterocycles. The number of halogens is 1. The van der Waals surface area contributed by atoms with E-state index in [-0.39, 0.29) is 12.1 Å². The second kappa shape index (κ2) is 6.32. The van der Waals surface area contributed by atoms with Gasteiger partial charge in [0.05, 0.1) is 6.10 Å². The average molecular weight is 318 g/mol. The van der Waals surface area contributed by atoms with E-state index in [1.54, 1.807) is 11.3 Å². The molecule has 0 amide bonds. The highest BCUT2D eigenvalue weighted by molar-refractivity contribution is 9.10. The van der Waals surface area contributed by atoms with Crippen molar-refractivity contribution in [1.82, 2.24) is 5.32 Å². The van der Waals surface area contributed by atoms with Crippen LogP contribution in [0.25, 0.3) is 0 Å². The highest BCUT2D eigenvalue weighted by Gasteiger charge is 2.23. The first kappa shape index (κ1) is 13.5. The zero-order valence-corrected chi connectivity index (χ0v) is 12.6. The largest absolute Gasteiger partial charge is 0.392 e. The van der Waals surface area contributed by atoms with Gasteiger partial charge in [0, 0.05) is 26.8 Å². The van der Waals surface area contributed by atoms with E-state index < -0.39 is 0 Å². The van der Waals surface area contributed by atoms with Crippen LogP contribution < -0.4 is 5.32 Å². The summed E-state index contributed by atoms with van der Waals surface area (Å²) in [6.07, 6.45) is 5.52. The monoisotopic (exact) mass is 317 g/mol. The molecule has 2 N–H and O–H groups in total. The Hall–Kier alpha value is 0.1000. The van der Waals surface area contributed by atoms with E-state index in [0.717, 1.165) is 23.7 Å². The molecule has 1 aromatic rings. The molecule has 0 bridgehead atoms. The fraction of sp³-hybridized carbons (Fsp3) is 0.692. The van der Waals surface area contributed by atoms with Crippen molar-refractivity contribution in [1.29, 1.82) is 0 Å². The maximum Gasteiger partial charge on any atom is 0.0693 e. The van der Waals surface area contributed by atoms with Crippen molar-refractivity contribution in [3.63, 3.8) is 0 Å². The lowest BCUT2D eigenvalue weighted by atomic mass is 10.0. The minimum Gasteiger partial charge on any atom is -0.392 e. The predicted molar refractivity (Wildman–Crippen MR) is 76.4 cm³/mol. The van der Waals surface area contributed by atoms with Crippen LogP contribution in [0.5, 0.6) is 0 Å². The van der Waals surface area contributed by atoms with Crippen LogP contribution in [0.15, 0.2) is 15.9 Å². The van der Waals surface area contributed by atoms with Crippen LogP contribution in [-0.4, -0.2) is 17.3 Å². The first-order valence-corrected chi connectivity index (χ1v) is 8.02. The molecule has 2 rings (SSSR count). The van der Waals surface area contributed by atoms with Crippen molar-refractivity contribution >= 4 is 27.3 Å². The Kier molecular flexibility index (Phi) is 5.03. The van der Waals surface area contributed by atoms with Gasteiger partial charge in [-0.3, -0.25) is 0 Å². The van der Waals surface area contributed by atoms with Gasteiger partial charge >= 0.3 is 0 Å². The number of aliphatic hydroxyl groups excluding tert-OH is 1. The summed E-state index contributed by atoms with van der Waals surface area (Å²) in [4.78, 5) is 1.33. The first-order chi connectivity index (χ1) is 8.16. The molecule has 96 valence electrons. The zero-order valence-electron chi connectivity index (χ0n) is 10.2. The topological polar surface area (TPSA) is 32.3 Å². The van der Waals surface area contributed by atoms with E-state index in [2.05, 4.69) is 39.6 Å². The lowest BCUT2D eigenvalue weighted by Gasteiger charge is -2.25. The minimum atomic E-state index is -0.177. The Morgan fingerprint density at radius 3 is 2.88 bits per heavy atom. The summed E-state index contributed by atoms with van der Waals surface area (Å²) in [6.45, 7) is 2.18. The lowest BCUT2D eigenvalue weighted by Crippen LogP contribution is -2.40. The van der Waals surface area contributed by atoms with Gasteiger partial charge < -0.3 is 10.4 Å². The number of rotatable bonds is 3. The number of aliphatic hydroxyl groups is 1. The fourth-order valence-corrected chi connectivity index (χ4v) is 3.90. The van der Waals surface area contributed by atoms with Gasteiger partial charge in [-0.1, -0.05) is 19.3 Å². The SMILES string of the molecule is CC(NC1CCCCCC1O)c1cc(Br)cs1. The Balaban J connectivity index is 1.94. The molecule has 1 fully saturated rings. The van der Waals surface area contributed by atoms with Crippen LogP contribution in [0, 0.1) is 0 Å². The van der Waals surface area contributed by atoms with E-state index in [0.29, 0.717) is 6.04 Å². The summed E-state index contributed by atoms with van der Waals surface area (Å²) in [7, 11) is 0. The molecule has 4 heteroatoms. The molecule has 1 saturated carbocycles. The molecule has 1 aliphatic rings. The van der Waals surface area contributed by atoms with Crippen molar-refractivity contribution in [3.05, 3.63) is 20.8 Å². The first-order valence-electron chi connectivity index (χ1n) is 6.35. The Bertz CT molecular complexity index is 355. The highest BCUT2D eigenvalue weighted by atomic mass is 79.9. The molecular weight excluding hydrogens is 298 g/mol. The van der Waals surface area contributed by atoms with Gasteiger partial charge in [0.15, 0.2) is 0 Å². The highest BCUT2D eigenvalue weighted by Crippen LogP contribution is 2.27. The average Bonchev–Trinajstić information content (AvgIpc) is 2.63. The van der Waals surface area contributed by atoms with Crippen molar-refractivity contribution in [3.8, 4) is 0 Å². The number of thiophene rings is 1. The van der Waals surface area contributed by atoms with E-state index >= 15 is 0 Å². The van der Waals surface area contributed by atoms with Crippen LogP contribution in [0.3, 0.4) is 0 Å². The van der Waals surface area contributed by atoms with Gasteiger partial charge in [-0.15, -0.1) is 11.3 Å². The van der Waals surface area contributed by atoms with Gasteiger partial charge in [0.1, 0.15) is 0 Å². The number of hydrogen-bond donors (Lipinski definition) is 2. The summed E-state index contributed by atoms with van der Waals surface area (Å²) in [6, 6.07) is 2.74. The lowest BCUT2D eigenvalue weighted by molar-refractivity contribution is 0.115. The summed E-state index contributed by atoms with van der Waals surface area (Å²) in [5, 5.41) is 15.8. The van der Waals surface area contributed by atoms with Crippen molar-refractivity contribution < 1.29 is 5.11 Å². The molecule has 0 saturated heterocycles. The second-order valence-corrected chi connectivity index (χ2v) is 6.73. The molecular formula is C13H20BrNOS. The third kappa shape index (κ3) is 3.78. The van der Waals surface area contributed by atoms with E-state index in [1.807, 2.05) is 0 Å². The molecule has 1 heterocycles. The number of hydrogen-bond acceptors (Lipinski definition) is 3. The zero-order chi connectivity index (χ0) is 12.3. The van der Waals surface area contributed by atoms with Crippen LogP contribution >= 0.6 is 27.3 Å². The summed E-state index contributed by atoms with van der Waals surface area (Å²) in [5.74, 6) is 0. The maximum absolute atomic E-state index is 10.1. The van der Waals surface area contributed by atoms with Gasteiger partial charge in [-0.05, 0) is 41.8 Å². The van der Waals surface area contributed by atoms with E-state index in [4.69, 9.17) is 0 Å². The van der Waals surface area contributed by atoms with Crippen molar-refractivity contribution in [2.75, 3.05) is 0 Å². The Labute approximate surface area is 116 Å². The van der Waals surface area contributed by atoms with Crippen LogP contribution in [0.1, 0.15) is 49.9 Å². The van der Waals surface area contributed by atoms with Crippen LogP contribution in [0.4, 0.5) is 0 Å². The summed E-state index contributed by atoms with van der Waals surface area (Å²) in [5.41, 5.74) is 0. The van der Waals surface area contributed by atoms with E-state index in [1.165, 1.54) is 17.7 Å². The molecule has 1 aromatic heterocycles. The number of nitrogens with one attached hydrogen (secondary N) is 1. The normalized spacial score (nSPS) is 27.7. The Morgan fingerprint density at radius 2 is 2.18 bits per heavy atom. The molecule has 17 heavy (non-hydrogen) atoms. The standard InChI is InChI=1S/C13H20BrNOS/c1-9(13-7-10(14)8-17-13)15-11-5-3-2-4-6-12(11)16/h7-9,11-12,15-16H,2-6H2,1H3. The molecule has 1 aliphatic carbocycles. The molecule has 0 radical (unpaired) electrons. The predicted octanol–water partition coefficient (Wildman–Crippen LogP) is 3.85. The molecule has 0 spiro atoms. The molecule has 0 aromatic carbocycles. The molecule has 3 unspecified atom stereocenters. The smallest absolute Gasteiger partial charge is 0.0693 e. The van der Waals surface area contributed by atoms with Gasteiger partial charge in [0.2, 0.25) is 0 Å². The van der Waals surface area contributed by atoms with Gasteiger partial charge in [0.25, 0.3) is 0 Å². The summed E-state index contributed by atoms with van der Waals surface area (Å²) < 4.78 is 1.15. The van der Waals surface area contributed by atoms with E-state index in [9.17, 15) is 5.11 Å². The molecule has 3 atom stereocenters. The molecule has 2 nitrogen and oxygen atoms in total. The Morgan fingerprint density at radius 1 is 1.41 bits per heavy atom. The third-order valence-electron chi connectivity index (χ3n) is 3.46. The maximum atomic E-state index is 10.1.